The van der Waals surface area contributed by atoms with Gasteiger partial charge in [-0.05, 0) is 27.8 Å². The first-order valence-corrected chi connectivity index (χ1v) is 10.9. The highest BCUT2D eigenvalue weighted by Gasteiger charge is 2.50. The van der Waals surface area contributed by atoms with Gasteiger partial charge in [-0.25, -0.2) is 0 Å². The van der Waals surface area contributed by atoms with Gasteiger partial charge in [-0.3, -0.25) is 0 Å². The zero-order valence-electron chi connectivity index (χ0n) is 15.6. The summed E-state index contributed by atoms with van der Waals surface area (Å²) in [5.41, 5.74) is 0. The first-order valence-electron chi connectivity index (χ1n) is 8.93. The van der Waals surface area contributed by atoms with Gasteiger partial charge in [-0.2, -0.15) is 0 Å². The van der Waals surface area contributed by atoms with Crippen molar-refractivity contribution in [3.05, 3.63) is 73.3 Å². The molecule has 2 radical (unpaired) electrons. The first kappa shape index (κ1) is 20.7. The molecule has 0 saturated heterocycles. The zero-order valence-corrected chi connectivity index (χ0v) is 16.6. The third-order valence-electron chi connectivity index (χ3n) is 5.34. The Morgan fingerprint density at radius 1 is 1.08 bits per heavy atom. The van der Waals surface area contributed by atoms with Crippen LogP contribution in [0.15, 0.2) is 73.3 Å². The molecule has 0 bridgehead atoms. The quantitative estimate of drug-likeness (QED) is 0.469. The minimum atomic E-state index is -3.08. The first-order chi connectivity index (χ1) is 12.4. The van der Waals surface area contributed by atoms with Crippen LogP contribution in [0.4, 0.5) is 0 Å². The summed E-state index contributed by atoms with van der Waals surface area (Å²) in [6.07, 6.45) is 2.46. The van der Waals surface area contributed by atoms with Crippen molar-refractivity contribution in [3.8, 4) is 0 Å². The monoisotopic (exact) mass is 365 g/mol. The highest BCUT2D eigenvalue weighted by atomic mass is 28.4. The van der Waals surface area contributed by atoms with Gasteiger partial charge in [0.15, 0.2) is 7.98 Å². The van der Waals surface area contributed by atoms with Gasteiger partial charge in [-0.15, -0.1) is 6.58 Å². The number of benzene rings is 2. The third-order valence-corrected chi connectivity index (χ3v) is 9.84. The molecule has 0 amide bonds. The molecule has 2 aromatic rings. The van der Waals surface area contributed by atoms with Gasteiger partial charge in [-0.1, -0.05) is 80.6 Å². The number of hydrogen-bond donors (Lipinski definition) is 3. The summed E-state index contributed by atoms with van der Waals surface area (Å²) >= 11 is 0. The molecule has 3 N–H and O–H groups in total. The fourth-order valence-electron chi connectivity index (χ4n) is 3.75. The Morgan fingerprint density at radius 2 is 1.54 bits per heavy atom. The summed E-state index contributed by atoms with van der Waals surface area (Å²) < 4.78 is 0. The molecule has 26 heavy (non-hydrogen) atoms. The normalized spacial score (nSPS) is 14.6. The summed E-state index contributed by atoms with van der Waals surface area (Å²) in [4.78, 5) is 12.1. The lowest BCUT2D eigenvalue weighted by molar-refractivity contribution is 0.220. The maximum atomic E-state index is 12.1. The van der Waals surface area contributed by atoms with Crippen molar-refractivity contribution in [2.45, 2.75) is 31.3 Å². The Kier molecular flexibility index (Phi) is 7.01. The van der Waals surface area contributed by atoms with E-state index < -0.39 is 13.4 Å². The van der Waals surface area contributed by atoms with Crippen LogP contribution < -0.4 is 15.6 Å². The molecule has 0 aliphatic rings. The number of aliphatic hydroxyl groups excluding tert-OH is 1. The summed E-state index contributed by atoms with van der Waals surface area (Å²) in [6, 6.07) is 19.5. The van der Waals surface area contributed by atoms with E-state index in [1.165, 1.54) is 0 Å². The fraction of sp³-hybridized carbons (Fsp3) is 0.333. The van der Waals surface area contributed by atoms with Gasteiger partial charge in [0, 0.05) is 6.04 Å². The second-order valence-electron chi connectivity index (χ2n) is 7.39. The maximum absolute atomic E-state index is 12.1. The number of hydrogen-bond acceptors (Lipinski definition) is 3. The van der Waals surface area contributed by atoms with Crippen molar-refractivity contribution in [3.63, 3.8) is 0 Å². The van der Waals surface area contributed by atoms with Gasteiger partial charge in [0.1, 0.15) is 0 Å². The van der Waals surface area contributed by atoms with Gasteiger partial charge in [0.25, 0.3) is 8.32 Å². The van der Waals surface area contributed by atoms with Crippen molar-refractivity contribution in [1.82, 2.24) is 5.23 Å². The molecule has 136 valence electrons. The number of nitrogens with one attached hydrogen (secondary N) is 1. The molecular formula is C21H28BNO2Si. The molecule has 2 atom stereocenters. The van der Waals surface area contributed by atoms with E-state index >= 15 is 0 Å². The summed E-state index contributed by atoms with van der Waals surface area (Å²) in [6.45, 7) is 8.03. The summed E-state index contributed by atoms with van der Waals surface area (Å²) in [7, 11) is 2.52. The van der Waals surface area contributed by atoms with Crippen molar-refractivity contribution in [2.24, 2.45) is 5.92 Å². The molecular weight excluding hydrogens is 337 g/mol. The molecule has 0 unspecified atom stereocenters. The number of aliphatic hydroxyl groups is 1. The largest absolute Gasteiger partial charge is 0.424 e. The second-order valence-corrected chi connectivity index (χ2v) is 11.3. The highest BCUT2D eigenvalue weighted by molar-refractivity contribution is 6.98. The molecule has 0 aliphatic heterocycles. The van der Waals surface area contributed by atoms with Crippen LogP contribution in [0.5, 0.6) is 0 Å². The predicted molar refractivity (Wildman–Crippen MR) is 112 cm³/mol. The smallest absolute Gasteiger partial charge is 0.258 e. The maximum Gasteiger partial charge on any atom is 0.258 e. The van der Waals surface area contributed by atoms with E-state index in [1.54, 1.807) is 0 Å². The van der Waals surface area contributed by atoms with Crippen molar-refractivity contribution >= 4 is 26.7 Å². The molecule has 0 fully saturated rings. The SMILES string of the molecule is [B]N[C@@H](CO)[C@@H](C=C)CC(C)(C)[Si](O)(c1ccccc1)c1ccccc1. The lowest BCUT2D eigenvalue weighted by Gasteiger charge is -2.43. The minimum Gasteiger partial charge on any atom is -0.424 e. The lowest BCUT2D eigenvalue weighted by Crippen LogP contribution is -2.66. The van der Waals surface area contributed by atoms with Gasteiger partial charge >= 0.3 is 0 Å². The molecule has 0 saturated carbocycles. The van der Waals surface area contributed by atoms with E-state index in [0.29, 0.717) is 6.42 Å². The molecule has 2 rings (SSSR count). The Balaban J connectivity index is 2.52. The third kappa shape index (κ3) is 4.02. The van der Waals surface area contributed by atoms with Crippen LogP contribution in [-0.4, -0.2) is 38.8 Å². The van der Waals surface area contributed by atoms with Crippen LogP contribution in [0.25, 0.3) is 0 Å². The van der Waals surface area contributed by atoms with E-state index in [0.717, 1.165) is 10.4 Å². The molecule has 3 nitrogen and oxygen atoms in total. The topological polar surface area (TPSA) is 52.5 Å². The molecule has 0 heterocycles. The average Bonchev–Trinajstić information content (AvgIpc) is 2.68. The molecule has 0 spiro atoms. The van der Waals surface area contributed by atoms with Crippen LogP contribution in [0, 0.1) is 5.92 Å². The second kappa shape index (κ2) is 8.82. The number of rotatable bonds is 9. The van der Waals surface area contributed by atoms with Crippen LogP contribution in [0.3, 0.4) is 0 Å². The summed E-state index contributed by atoms with van der Waals surface area (Å²) in [5, 5.41) is 13.8. The van der Waals surface area contributed by atoms with E-state index in [2.05, 4.69) is 25.7 Å². The van der Waals surface area contributed by atoms with Crippen LogP contribution in [0.2, 0.25) is 5.04 Å². The van der Waals surface area contributed by atoms with Crippen molar-refractivity contribution in [1.29, 1.82) is 0 Å². The van der Waals surface area contributed by atoms with Crippen LogP contribution in [-0.2, 0) is 0 Å². The lowest BCUT2D eigenvalue weighted by atomic mass is 9.89. The van der Waals surface area contributed by atoms with Gasteiger partial charge in [0.05, 0.1) is 6.61 Å². The molecule has 0 aliphatic carbocycles. The Morgan fingerprint density at radius 3 is 1.88 bits per heavy atom. The van der Waals surface area contributed by atoms with E-state index in [4.69, 9.17) is 7.98 Å². The van der Waals surface area contributed by atoms with Gasteiger partial charge in [0.2, 0.25) is 0 Å². The summed E-state index contributed by atoms with van der Waals surface area (Å²) in [5.74, 6) is -0.0635. The van der Waals surface area contributed by atoms with E-state index in [1.807, 2.05) is 66.7 Å². The van der Waals surface area contributed by atoms with E-state index in [9.17, 15) is 9.90 Å². The van der Waals surface area contributed by atoms with Crippen molar-refractivity contribution in [2.75, 3.05) is 6.61 Å². The standard InChI is InChI=1S/C21H28BNO2Si/c1-4-17(20(16-24)23-22)15-21(2,3)26(25,18-11-7-5-8-12-18)19-13-9-6-10-14-19/h4-14,17,20,23-25H,1,15-16H2,2-3H3/t17-,20-/m0/s1. The molecule has 0 aromatic heterocycles. The Hall–Kier alpha value is -1.66. The fourth-order valence-corrected chi connectivity index (χ4v) is 7.52. The van der Waals surface area contributed by atoms with Crippen LogP contribution >= 0.6 is 0 Å². The zero-order chi connectivity index (χ0) is 19.2. The Bertz CT molecular complexity index is 650. The highest BCUT2D eigenvalue weighted by Crippen LogP contribution is 2.42. The molecule has 2 aromatic carbocycles. The average molecular weight is 365 g/mol. The van der Waals surface area contributed by atoms with Gasteiger partial charge < -0.3 is 15.1 Å². The van der Waals surface area contributed by atoms with E-state index in [-0.39, 0.29) is 18.6 Å². The Labute approximate surface area is 159 Å². The van der Waals surface area contributed by atoms with Crippen molar-refractivity contribution < 1.29 is 9.90 Å². The predicted octanol–water partition coefficient (Wildman–Crippen LogP) is 1.75. The van der Waals surface area contributed by atoms with Crippen LogP contribution in [0.1, 0.15) is 20.3 Å². The minimum absolute atomic E-state index is 0.0635. The molecule has 5 heteroatoms.